The van der Waals surface area contributed by atoms with Gasteiger partial charge in [0.2, 0.25) is 0 Å². The molecule has 0 aromatic rings. The van der Waals surface area contributed by atoms with Crippen molar-refractivity contribution in [3.05, 3.63) is 10.7 Å². The highest BCUT2D eigenvalue weighted by atomic mass is 127. The lowest BCUT2D eigenvalue weighted by molar-refractivity contribution is 1.55. The third-order valence-corrected chi connectivity index (χ3v) is 1.15. The van der Waals surface area contributed by atoms with Gasteiger partial charge in [-0.1, -0.05) is 0 Å². The zero-order chi connectivity index (χ0) is 6.41. The molecule has 0 atom stereocenters. The molecule has 4 heteroatoms. The van der Waals surface area contributed by atoms with Crippen LogP contribution < -0.4 is 0 Å². The summed E-state index contributed by atoms with van der Waals surface area (Å²) in [6.45, 7) is 0. The monoisotopic (exact) mass is 286 g/mol. The highest BCUT2D eigenvalue weighted by Crippen LogP contribution is 1.98. The average Bonchev–Trinajstić information content (AvgIpc) is 1.83. The second-order valence-corrected chi connectivity index (χ2v) is 2.38. The maximum Gasteiger partial charge on any atom is 0.0651 e. The molecule has 0 bridgehead atoms. The van der Waals surface area contributed by atoms with Gasteiger partial charge in [-0.2, -0.15) is 0 Å². The van der Waals surface area contributed by atoms with E-state index in [0.29, 0.717) is 4.48 Å². The molecule has 0 spiro atoms. The third-order valence-electron chi connectivity index (χ3n) is 0.392. The van der Waals surface area contributed by atoms with Gasteiger partial charge in [-0.05, 0) is 38.5 Å². The predicted octanol–water partition coefficient (Wildman–Crippen LogP) is 2.34. The number of aliphatic imine (C=N–C) groups is 1. The van der Waals surface area contributed by atoms with Gasteiger partial charge in [-0.3, -0.25) is 4.99 Å². The number of nitrogens with zero attached hydrogens (tertiary/aromatic N) is 1. The standard InChI is InChI=1S/C4H4BrIN2/c5-4(1-7)2-8-3-6/h1-3,7H/b4-2+,7-1?,8-3-. The summed E-state index contributed by atoms with van der Waals surface area (Å²) in [5.41, 5.74) is 0. The summed E-state index contributed by atoms with van der Waals surface area (Å²) in [7, 11) is 0. The van der Waals surface area contributed by atoms with Crippen LogP contribution >= 0.6 is 38.5 Å². The van der Waals surface area contributed by atoms with E-state index < -0.39 is 0 Å². The Bertz CT molecular complexity index is 130. The number of hydrogen-bond acceptors (Lipinski definition) is 2. The van der Waals surface area contributed by atoms with E-state index in [1.54, 1.807) is 10.4 Å². The van der Waals surface area contributed by atoms with E-state index >= 15 is 0 Å². The van der Waals surface area contributed by atoms with Crippen LogP contribution in [0.4, 0.5) is 0 Å². The molecule has 1 N–H and O–H groups in total. The summed E-state index contributed by atoms with van der Waals surface area (Å²) in [4.78, 5) is 3.74. The summed E-state index contributed by atoms with van der Waals surface area (Å²) in [6, 6.07) is 0. The van der Waals surface area contributed by atoms with Gasteiger partial charge >= 0.3 is 0 Å². The van der Waals surface area contributed by atoms with Gasteiger partial charge in [0.1, 0.15) is 0 Å². The lowest BCUT2D eigenvalue weighted by Gasteiger charge is -1.76. The van der Waals surface area contributed by atoms with Gasteiger partial charge in [-0.25, -0.2) is 0 Å². The summed E-state index contributed by atoms with van der Waals surface area (Å²) >= 11 is 5.08. The Morgan fingerprint density at radius 2 is 2.38 bits per heavy atom. The van der Waals surface area contributed by atoms with Crippen LogP contribution in [0.2, 0.25) is 0 Å². The fraction of sp³-hybridized carbons (Fsp3) is 0. The second kappa shape index (κ2) is 5.43. The second-order valence-electron chi connectivity index (χ2n) is 0.905. The lowest BCUT2D eigenvalue weighted by atomic mass is 10.7. The van der Waals surface area contributed by atoms with Crippen LogP contribution in [-0.4, -0.2) is 10.4 Å². The van der Waals surface area contributed by atoms with Crippen LogP contribution in [0, 0.1) is 5.41 Å². The molecule has 0 aliphatic heterocycles. The van der Waals surface area contributed by atoms with Crippen molar-refractivity contribution < 1.29 is 0 Å². The zero-order valence-electron chi connectivity index (χ0n) is 3.94. The van der Waals surface area contributed by atoms with Gasteiger partial charge in [0.15, 0.2) is 0 Å². The molecule has 0 heterocycles. The van der Waals surface area contributed by atoms with E-state index in [-0.39, 0.29) is 0 Å². The van der Waals surface area contributed by atoms with Gasteiger partial charge in [0.05, 0.1) is 8.70 Å². The lowest BCUT2D eigenvalue weighted by Crippen LogP contribution is -1.65. The van der Waals surface area contributed by atoms with Crippen molar-refractivity contribution in [3.63, 3.8) is 0 Å². The van der Waals surface area contributed by atoms with Gasteiger partial charge in [0, 0.05) is 12.4 Å². The van der Waals surface area contributed by atoms with Gasteiger partial charge in [-0.15, -0.1) is 0 Å². The van der Waals surface area contributed by atoms with Crippen molar-refractivity contribution in [3.8, 4) is 0 Å². The third kappa shape index (κ3) is 4.45. The summed E-state index contributed by atoms with van der Waals surface area (Å²) < 4.78 is 2.30. The molecule has 0 fully saturated rings. The summed E-state index contributed by atoms with van der Waals surface area (Å²) in [6.07, 6.45) is 2.74. The summed E-state index contributed by atoms with van der Waals surface area (Å²) in [5, 5.41) is 6.67. The molecule has 0 aliphatic carbocycles. The Morgan fingerprint density at radius 1 is 1.75 bits per heavy atom. The average molecular weight is 287 g/mol. The fourth-order valence-corrected chi connectivity index (χ4v) is 0.416. The highest BCUT2D eigenvalue weighted by molar-refractivity contribution is 14.1. The minimum absolute atomic E-state index is 0.672. The first-order valence-electron chi connectivity index (χ1n) is 1.79. The first-order chi connectivity index (χ1) is 3.81. The van der Waals surface area contributed by atoms with Crippen molar-refractivity contribution in [1.82, 2.24) is 0 Å². The van der Waals surface area contributed by atoms with Crippen LogP contribution in [0.3, 0.4) is 0 Å². The number of rotatable bonds is 2. The van der Waals surface area contributed by atoms with Crippen molar-refractivity contribution in [2.24, 2.45) is 4.99 Å². The van der Waals surface area contributed by atoms with E-state index in [9.17, 15) is 0 Å². The molecule has 8 heavy (non-hydrogen) atoms. The Labute approximate surface area is 69.9 Å². The fourth-order valence-electron chi connectivity index (χ4n) is 0.137. The molecule has 0 aliphatic rings. The Balaban J connectivity index is 3.74. The van der Waals surface area contributed by atoms with Gasteiger partial charge in [0.25, 0.3) is 0 Å². The van der Waals surface area contributed by atoms with Crippen LogP contribution in [0.5, 0.6) is 0 Å². The maximum atomic E-state index is 6.67. The van der Waals surface area contributed by atoms with E-state index in [0.717, 1.165) is 0 Å². The van der Waals surface area contributed by atoms with E-state index in [2.05, 4.69) is 20.9 Å². The first-order valence-corrected chi connectivity index (χ1v) is 3.83. The molecular weight excluding hydrogens is 283 g/mol. The number of halogens is 2. The SMILES string of the molecule is N=C/C(Br)=C\N=C/I. The van der Waals surface area contributed by atoms with Gasteiger partial charge < -0.3 is 5.41 Å². The van der Waals surface area contributed by atoms with Crippen LogP contribution in [0.25, 0.3) is 0 Å². The molecule has 0 aromatic carbocycles. The Hall–Kier alpha value is 0.290. The topological polar surface area (TPSA) is 36.2 Å². The van der Waals surface area contributed by atoms with E-state index in [1.807, 2.05) is 22.6 Å². The zero-order valence-corrected chi connectivity index (χ0v) is 7.68. The summed E-state index contributed by atoms with van der Waals surface area (Å²) in [5.74, 6) is 0. The smallest absolute Gasteiger partial charge is 0.0651 e. The molecule has 0 unspecified atom stereocenters. The molecule has 0 rings (SSSR count). The van der Waals surface area contributed by atoms with E-state index in [1.165, 1.54) is 6.21 Å². The van der Waals surface area contributed by atoms with Crippen molar-refractivity contribution in [2.45, 2.75) is 0 Å². The molecule has 0 saturated carbocycles. The largest absolute Gasteiger partial charge is 0.308 e. The molecule has 0 aromatic heterocycles. The van der Waals surface area contributed by atoms with Crippen molar-refractivity contribution in [2.75, 3.05) is 0 Å². The Kier molecular flexibility index (Phi) is 5.62. The van der Waals surface area contributed by atoms with Crippen LogP contribution in [0.1, 0.15) is 0 Å². The predicted molar refractivity (Wildman–Crippen MR) is 48.3 cm³/mol. The molecule has 0 saturated heterocycles. The molecular formula is C4H4BrIN2. The first kappa shape index (κ1) is 8.29. The quantitative estimate of drug-likeness (QED) is 0.598. The molecule has 0 amide bonds. The van der Waals surface area contributed by atoms with Crippen molar-refractivity contribution >= 4 is 49.0 Å². The number of nitrogens with one attached hydrogen (secondary N) is 1. The highest BCUT2D eigenvalue weighted by Gasteiger charge is 1.76. The maximum absolute atomic E-state index is 6.67. The molecule has 0 radical (unpaired) electrons. The minimum Gasteiger partial charge on any atom is -0.308 e. The number of allylic oxidation sites excluding steroid dienone is 1. The van der Waals surface area contributed by atoms with E-state index in [4.69, 9.17) is 5.41 Å². The molecule has 2 nitrogen and oxygen atoms in total. The normalized spacial score (nSPS) is 12.5. The molecule has 44 valence electrons. The minimum atomic E-state index is 0.672. The van der Waals surface area contributed by atoms with Crippen LogP contribution in [0.15, 0.2) is 15.7 Å². The van der Waals surface area contributed by atoms with Crippen LogP contribution in [-0.2, 0) is 0 Å². The van der Waals surface area contributed by atoms with Crippen molar-refractivity contribution in [1.29, 1.82) is 5.41 Å². The number of hydrogen-bond donors (Lipinski definition) is 1. The Morgan fingerprint density at radius 3 is 2.75 bits per heavy atom.